The molecular weight excluding hydrogens is 498 g/mol. The van der Waals surface area contributed by atoms with E-state index in [1.807, 2.05) is 17.3 Å². The molecule has 4 heterocycles. The quantitative estimate of drug-likeness (QED) is 0.381. The lowest BCUT2D eigenvalue weighted by atomic mass is 9.98. The van der Waals surface area contributed by atoms with Gasteiger partial charge in [-0.05, 0) is 50.2 Å². The molecule has 2 aromatic heterocycles. The largest absolute Gasteiger partial charge is 0.376 e. The summed E-state index contributed by atoms with van der Waals surface area (Å²) in [7, 11) is 0. The molecule has 0 aliphatic carbocycles. The Bertz CT molecular complexity index is 1340. The Morgan fingerprint density at radius 3 is 2.60 bits per heavy atom. The second kappa shape index (κ2) is 14.0. The number of fused-ring (bicyclic) bond motifs is 1. The zero-order valence-corrected chi connectivity index (χ0v) is 24.4. The van der Waals surface area contributed by atoms with Crippen molar-refractivity contribution in [2.45, 2.75) is 59.8 Å². The number of carbonyl (C=O) groups is 1. The van der Waals surface area contributed by atoms with Crippen LogP contribution in [0.4, 0.5) is 5.69 Å². The van der Waals surface area contributed by atoms with Crippen molar-refractivity contribution in [3.05, 3.63) is 48.3 Å². The molecule has 40 heavy (non-hydrogen) atoms. The second-order valence-electron chi connectivity index (χ2n) is 11.3. The molecule has 8 heteroatoms. The topological polar surface area (TPSA) is 101 Å². The Morgan fingerprint density at radius 1 is 1.20 bits per heavy atom. The Balaban J connectivity index is 0.000000867. The Kier molecular flexibility index (Phi) is 10.2. The highest BCUT2D eigenvalue weighted by Crippen LogP contribution is 2.28. The molecule has 1 amide bonds. The molecule has 3 aromatic rings. The van der Waals surface area contributed by atoms with E-state index in [1.165, 1.54) is 18.5 Å². The van der Waals surface area contributed by atoms with Crippen molar-refractivity contribution in [2.24, 2.45) is 11.8 Å². The van der Waals surface area contributed by atoms with Gasteiger partial charge in [0.2, 0.25) is 5.91 Å². The van der Waals surface area contributed by atoms with Crippen molar-refractivity contribution in [1.82, 2.24) is 25.2 Å². The highest BCUT2D eigenvalue weighted by Gasteiger charge is 2.23. The van der Waals surface area contributed by atoms with E-state index < -0.39 is 0 Å². The van der Waals surface area contributed by atoms with Crippen LogP contribution in [-0.2, 0) is 4.79 Å². The molecule has 0 spiro atoms. The van der Waals surface area contributed by atoms with Crippen molar-refractivity contribution in [3.63, 3.8) is 0 Å². The molecule has 2 aliphatic heterocycles. The number of rotatable bonds is 7. The average molecular weight is 542 g/mol. The summed E-state index contributed by atoms with van der Waals surface area (Å²) in [6, 6.07) is 10.8. The van der Waals surface area contributed by atoms with Crippen molar-refractivity contribution in [3.8, 4) is 17.3 Å². The minimum Gasteiger partial charge on any atom is -0.376 e. The summed E-state index contributed by atoms with van der Waals surface area (Å²) in [6.07, 6.45) is 10.6. The lowest BCUT2D eigenvalue weighted by molar-refractivity contribution is -0.131. The number of carbonyl (C=O) groups excluding carboxylic acids is 1. The summed E-state index contributed by atoms with van der Waals surface area (Å²) in [6.45, 7) is 12.3. The number of allylic oxidation sites excluding steroid dienone is 1. The SMILES string of the molecule is CC(C)C.CC/C=C(/NCC(=O)N1CCC(C#N)CC1)c1c[nH]c2ncc(-c3cccc(N4CCCC4)c3)nc12. The smallest absolute Gasteiger partial charge is 0.241 e. The van der Waals surface area contributed by atoms with Gasteiger partial charge in [-0.25, -0.2) is 9.97 Å². The molecule has 1 aromatic carbocycles. The third-order valence-electron chi connectivity index (χ3n) is 7.15. The van der Waals surface area contributed by atoms with Crippen molar-refractivity contribution < 1.29 is 4.79 Å². The number of likely N-dealkylation sites (tertiary alicyclic amines) is 1. The van der Waals surface area contributed by atoms with E-state index in [2.05, 4.69) is 84.3 Å². The monoisotopic (exact) mass is 541 g/mol. The second-order valence-corrected chi connectivity index (χ2v) is 11.3. The highest BCUT2D eigenvalue weighted by atomic mass is 16.2. The number of benzene rings is 1. The number of hydrogen-bond donors (Lipinski definition) is 2. The number of H-pyrrole nitrogens is 1. The van der Waals surface area contributed by atoms with Crippen LogP contribution in [0.25, 0.3) is 28.1 Å². The van der Waals surface area contributed by atoms with Crippen molar-refractivity contribution in [1.29, 1.82) is 5.26 Å². The maximum absolute atomic E-state index is 12.8. The predicted octanol–water partition coefficient (Wildman–Crippen LogP) is 5.99. The molecule has 5 rings (SSSR count). The lowest BCUT2D eigenvalue weighted by Crippen LogP contribution is -2.42. The lowest BCUT2D eigenvalue weighted by Gasteiger charge is -2.29. The van der Waals surface area contributed by atoms with Crippen LogP contribution in [0.2, 0.25) is 0 Å². The van der Waals surface area contributed by atoms with E-state index in [-0.39, 0.29) is 18.4 Å². The van der Waals surface area contributed by atoms with Crippen LogP contribution >= 0.6 is 0 Å². The number of nitrogens with one attached hydrogen (secondary N) is 2. The van der Waals surface area contributed by atoms with Gasteiger partial charge in [-0.3, -0.25) is 4.79 Å². The predicted molar refractivity (Wildman–Crippen MR) is 162 cm³/mol. The van der Waals surface area contributed by atoms with Crippen LogP contribution in [0.1, 0.15) is 65.4 Å². The van der Waals surface area contributed by atoms with Gasteiger partial charge in [0.05, 0.1) is 24.5 Å². The molecule has 0 atom stereocenters. The summed E-state index contributed by atoms with van der Waals surface area (Å²) in [4.78, 5) is 30.0. The fourth-order valence-electron chi connectivity index (χ4n) is 5.10. The molecule has 0 unspecified atom stereocenters. The number of amides is 1. The van der Waals surface area contributed by atoms with E-state index in [9.17, 15) is 4.79 Å². The first-order chi connectivity index (χ1) is 19.4. The Morgan fingerprint density at radius 2 is 1.93 bits per heavy atom. The Labute approximate surface area is 238 Å². The van der Waals surface area contributed by atoms with Gasteiger partial charge in [0, 0.05) is 60.8 Å². The van der Waals surface area contributed by atoms with Gasteiger partial charge in [-0.2, -0.15) is 5.26 Å². The molecule has 2 N–H and O–H groups in total. The van der Waals surface area contributed by atoms with Gasteiger partial charge in [0.15, 0.2) is 5.65 Å². The van der Waals surface area contributed by atoms with Crippen molar-refractivity contribution in [2.75, 3.05) is 37.6 Å². The van der Waals surface area contributed by atoms with Gasteiger partial charge >= 0.3 is 0 Å². The molecule has 2 aliphatic rings. The molecule has 0 radical (unpaired) electrons. The van der Waals surface area contributed by atoms with Crippen LogP contribution < -0.4 is 10.2 Å². The number of aromatic amines is 1. The maximum atomic E-state index is 12.8. The van der Waals surface area contributed by atoms with E-state index in [4.69, 9.17) is 10.2 Å². The zero-order valence-electron chi connectivity index (χ0n) is 24.4. The van der Waals surface area contributed by atoms with Crippen molar-refractivity contribution >= 4 is 28.5 Å². The maximum Gasteiger partial charge on any atom is 0.241 e. The fourth-order valence-corrected chi connectivity index (χ4v) is 5.10. The van der Waals surface area contributed by atoms with E-state index in [0.717, 1.165) is 72.0 Å². The number of hydrogen-bond acceptors (Lipinski definition) is 6. The molecule has 0 bridgehead atoms. The summed E-state index contributed by atoms with van der Waals surface area (Å²) < 4.78 is 0. The first kappa shape index (κ1) is 29.1. The number of piperidine rings is 1. The first-order valence-electron chi connectivity index (χ1n) is 14.7. The summed E-state index contributed by atoms with van der Waals surface area (Å²) in [5.74, 6) is 0.950. The van der Waals surface area contributed by atoms with Crippen LogP contribution in [-0.4, -0.2) is 58.5 Å². The normalized spacial score (nSPS) is 16.1. The summed E-state index contributed by atoms with van der Waals surface area (Å²) in [5, 5.41) is 12.5. The van der Waals surface area contributed by atoms with Crippen LogP contribution in [0.15, 0.2) is 42.7 Å². The van der Waals surface area contributed by atoms with Gasteiger partial charge in [-0.15, -0.1) is 0 Å². The van der Waals surface area contributed by atoms with E-state index in [1.54, 1.807) is 0 Å². The first-order valence-corrected chi connectivity index (χ1v) is 14.7. The highest BCUT2D eigenvalue weighted by molar-refractivity contribution is 5.89. The molecular formula is C32H43N7O. The summed E-state index contributed by atoms with van der Waals surface area (Å²) in [5.41, 5.74) is 6.40. The van der Waals surface area contributed by atoms with Crippen LogP contribution in [0, 0.1) is 23.2 Å². The Hall–Kier alpha value is -3.86. The molecule has 0 saturated carbocycles. The van der Waals surface area contributed by atoms with Gasteiger partial charge in [-0.1, -0.05) is 45.9 Å². The van der Waals surface area contributed by atoms with E-state index >= 15 is 0 Å². The number of nitriles is 1. The molecule has 2 fully saturated rings. The van der Waals surface area contributed by atoms with Gasteiger partial charge in [0.1, 0.15) is 5.52 Å². The van der Waals surface area contributed by atoms with Crippen LogP contribution in [0.3, 0.4) is 0 Å². The number of nitrogens with zero attached hydrogens (tertiary/aromatic N) is 5. The molecule has 2 saturated heterocycles. The summed E-state index contributed by atoms with van der Waals surface area (Å²) >= 11 is 0. The minimum absolute atomic E-state index is 0.0544. The van der Waals surface area contributed by atoms with Gasteiger partial charge in [0.25, 0.3) is 0 Å². The van der Waals surface area contributed by atoms with E-state index in [0.29, 0.717) is 13.1 Å². The number of aromatic nitrogens is 3. The van der Waals surface area contributed by atoms with Crippen LogP contribution in [0.5, 0.6) is 0 Å². The number of anilines is 1. The molecule has 8 nitrogen and oxygen atoms in total. The standard InChI is InChI=1S/C28H33N7O.C4H10/c1-2-6-24(30-19-26(36)35-13-9-20(16-29)10-14-35)23-17-31-28-27(23)33-25(18-32-28)21-7-5-8-22(15-21)34-11-3-4-12-34;1-4(2)3/h5-8,15,17-18,20,30H,2-4,9-14,19H2,1H3,(H,31,32);4H,1-3H3/b24-6+;. The zero-order chi connectivity index (χ0) is 28.5. The molecule has 212 valence electrons. The third kappa shape index (κ3) is 7.41. The third-order valence-corrected chi connectivity index (χ3v) is 7.15. The van der Waals surface area contributed by atoms with Gasteiger partial charge < -0.3 is 20.1 Å². The average Bonchev–Trinajstić information content (AvgIpc) is 3.65. The minimum atomic E-state index is 0.0544. The fraction of sp³-hybridized carbons (Fsp3) is 0.500.